The molecule has 3 nitrogen and oxygen atoms in total. The number of aromatic nitrogens is 2. The highest BCUT2D eigenvalue weighted by Gasteiger charge is 2.06. The van der Waals surface area contributed by atoms with Crippen LogP contribution in [0.3, 0.4) is 0 Å². The van der Waals surface area contributed by atoms with Gasteiger partial charge in [0, 0.05) is 29.5 Å². The fraction of sp³-hybridized carbons (Fsp3) is 0.0625. The summed E-state index contributed by atoms with van der Waals surface area (Å²) in [6.07, 6.45) is 5.82. The summed E-state index contributed by atoms with van der Waals surface area (Å²) in [5, 5.41) is 3.99. The molecule has 2 heterocycles. The van der Waals surface area contributed by atoms with E-state index in [-0.39, 0.29) is 5.78 Å². The first-order chi connectivity index (χ1) is 9.31. The van der Waals surface area contributed by atoms with Crippen molar-refractivity contribution >= 4 is 39.7 Å². The number of hydrogen-bond donors (Lipinski definition) is 0. The van der Waals surface area contributed by atoms with Crippen LogP contribution in [0.1, 0.15) is 6.42 Å². The Hall–Kier alpha value is -2.55. The molecule has 0 bridgehead atoms. The average Bonchev–Trinajstić information content (AvgIpc) is 2.45. The minimum atomic E-state index is 0.113. The Balaban J connectivity index is 2.23. The van der Waals surface area contributed by atoms with Crippen molar-refractivity contribution in [2.45, 2.75) is 6.42 Å². The lowest BCUT2D eigenvalue weighted by atomic mass is 10.1. The number of benzene rings is 1. The van der Waals surface area contributed by atoms with Gasteiger partial charge in [0.1, 0.15) is 0 Å². The van der Waals surface area contributed by atoms with E-state index in [9.17, 15) is 4.79 Å². The molecule has 2 aromatic heterocycles. The predicted molar refractivity (Wildman–Crippen MR) is 74.8 cm³/mol. The Morgan fingerprint density at radius 3 is 2.89 bits per heavy atom. The molecule has 0 saturated heterocycles. The van der Waals surface area contributed by atoms with Crippen LogP contribution in [-0.4, -0.2) is 15.8 Å². The first-order valence-electron chi connectivity index (χ1n) is 6.20. The number of rotatable bonds is 0. The van der Waals surface area contributed by atoms with E-state index in [4.69, 9.17) is 0 Å². The molecular weight excluding hydrogens is 236 g/mol. The van der Waals surface area contributed by atoms with Crippen LogP contribution in [0.25, 0.3) is 34.0 Å². The van der Waals surface area contributed by atoms with Crippen molar-refractivity contribution in [3.8, 4) is 0 Å². The third-order valence-corrected chi connectivity index (χ3v) is 3.46. The van der Waals surface area contributed by atoms with Crippen molar-refractivity contribution in [2.75, 3.05) is 0 Å². The second kappa shape index (κ2) is 3.72. The van der Waals surface area contributed by atoms with E-state index < -0.39 is 0 Å². The first-order valence-corrected chi connectivity index (χ1v) is 6.20. The summed E-state index contributed by atoms with van der Waals surface area (Å²) in [6.45, 7) is 0. The van der Waals surface area contributed by atoms with Crippen molar-refractivity contribution in [1.29, 1.82) is 0 Å². The molecule has 0 amide bonds. The van der Waals surface area contributed by atoms with Crippen LogP contribution in [0.5, 0.6) is 0 Å². The van der Waals surface area contributed by atoms with Crippen molar-refractivity contribution in [1.82, 2.24) is 9.97 Å². The molecule has 90 valence electrons. The van der Waals surface area contributed by atoms with E-state index in [1.54, 1.807) is 12.3 Å². The Bertz CT molecular complexity index is 958. The molecule has 0 saturated carbocycles. The summed E-state index contributed by atoms with van der Waals surface area (Å²) in [7, 11) is 0. The molecule has 1 aliphatic carbocycles. The monoisotopic (exact) mass is 246 g/mol. The predicted octanol–water partition coefficient (Wildman–Crippen LogP) is 1.32. The maximum Gasteiger partial charge on any atom is 0.161 e. The van der Waals surface area contributed by atoms with E-state index in [1.807, 2.05) is 24.3 Å². The lowest BCUT2D eigenvalue weighted by Gasteiger charge is -2.05. The van der Waals surface area contributed by atoms with E-state index in [0.29, 0.717) is 6.42 Å². The molecule has 0 radical (unpaired) electrons. The Labute approximate surface area is 108 Å². The number of carbonyl (C=O) groups is 1. The van der Waals surface area contributed by atoms with Gasteiger partial charge in [0.15, 0.2) is 5.78 Å². The van der Waals surface area contributed by atoms with Crippen molar-refractivity contribution in [3.63, 3.8) is 0 Å². The zero-order valence-electron chi connectivity index (χ0n) is 10.1. The van der Waals surface area contributed by atoms with E-state index >= 15 is 0 Å². The molecule has 19 heavy (non-hydrogen) atoms. The molecule has 0 atom stereocenters. The summed E-state index contributed by atoms with van der Waals surface area (Å²) >= 11 is 0. The fourth-order valence-electron chi connectivity index (χ4n) is 2.54. The van der Waals surface area contributed by atoms with Gasteiger partial charge in [-0.1, -0.05) is 12.1 Å². The highest BCUT2D eigenvalue weighted by Crippen LogP contribution is 2.20. The van der Waals surface area contributed by atoms with Gasteiger partial charge in [0.2, 0.25) is 0 Å². The van der Waals surface area contributed by atoms with Crippen LogP contribution in [0, 0.1) is 0 Å². The average molecular weight is 246 g/mol. The maximum absolute atomic E-state index is 11.4. The molecule has 3 heteroatoms. The van der Waals surface area contributed by atoms with Crippen molar-refractivity contribution < 1.29 is 4.79 Å². The number of ketones is 1. The van der Waals surface area contributed by atoms with Gasteiger partial charge in [-0.2, -0.15) is 0 Å². The van der Waals surface area contributed by atoms with Crippen molar-refractivity contribution in [3.05, 3.63) is 47.1 Å². The summed E-state index contributed by atoms with van der Waals surface area (Å²) in [5.41, 5.74) is 1.87. The third-order valence-electron chi connectivity index (χ3n) is 3.46. The fourth-order valence-corrected chi connectivity index (χ4v) is 2.54. The minimum absolute atomic E-state index is 0.113. The van der Waals surface area contributed by atoms with Gasteiger partial charge in [-0.15, -0.1) is 0 Å². The number of Topliss-reactive ketones (excluding diaryl/α,β-unsaturated/α-hetero) is 1. The normalized spacial score (nSPS) is 14.0. The molecule has 0 spiro atoms. The summed E-state index contributed by atoms with van der Waals surface area (Å²) in [5.74, 6) is 0.113. The van der Waals surface area contributed by atoms with Crippen LogP contribution in [-0.2, 0) is 4.79 Å². The zero-order valence-corrected chi connectivity index (χ0v) is 10.1. The number of nitrogens with zero attached hydrogens (tertiary/aromatic N) is 2. The number of hydrogen-bond acceptors (Lipinski definition) is 3. The SMILES string of the molecule is O=C1C=c2nc3ccc4ncccc4c3cc2=CC1. The second-order valence-corrected chi connectivity index (χ2v) is 4.68. The van der Waals surface area contributed by atoms with E-state index in [0.717, 1.165) is 32.4 Å². The van der Waals surface area contributed by atoms with Crippen LogP contribution in [0.4, 0.5) is 0 Å². The summed E-state index contributed by atoms with van der Waals surface area (Å²) < 4.78 is 0. The molecule has 0 aliphatic heterocycles. The highest BCUT2D eigenvalue weighted by atomic mass is 16.1. The van der Waals surface area contributed by atoms with Gasteiger partial charge in [-0.05, 0) is 29.5 Å². The van der Waals surface area contributed by atoms with Gasteiger partial charge in [-0.25, -0.2) is 4.98 Å². The Morgan fingerprint density at radius 2 is 1.95 bits per heavy atom. The third kappa shape index (κ3) is 1.55. The van der Waals surface area contributed by atoms with E-state index in [1.165, 1.54) is 0 Å². The van der Waals surface area contributed by atoms with Crippen LogP contribution < -0.4 is 10.6 Å². The molecule has 0 N–H and O–H groups in total. The molecule has 0 fully saturated rings. The molecular formula is C16H10N2O. The summed E-state index contributed by atoms with van der Waals surface area (Å²) in [4.78, 5) is 20.4. The van der Waals surface area contributed by atoms with E-state index in [2.05, 4.69) is 22.1 Å². The van der Waals surface area contributed by atoms with Gasteiger partial charge >= 0.3 is 0 Å². The van der Waals surface area contributed by atoms with Crippen molar-refractivity contribution in [2.24, 2.45) is 0 Å². The second-order valence-electron chi connectivity index (χ2n) is 4.68. The van der Waals surface area contributed by atoms with Gasteiger partial charge in [0.05, 0.1) is 16.4 Å². The van der Waals surface area contributed by atoms with Gasteiger partial charge in [-0.3, -0.25) is 9.78 Å². The first kappa shape index (κ1) is 10.4. The van der Waals surface area contributed by atoms with Gasteiger partial charge < -0.3 is 0 Å². The standard InChI is InChI=1S/C16H10N2O/c19-11-4-3-10-8-13-12-2-1-7-17-14(12)5-6-15(13)18-16(10)9-11/h1-3,5-9H,4H2. The zero-order chi connectivity index (χ0) is 12.8. The quantitative estimate of drug-likeness (QED) is 0.562. The number of carbonyl (C=O) groups excluding carboxylic acids is 1. The topological polar surface area (TPSA) is 42.9 Å². The van der Waals surface area contributed by atoms with Crippen LogP contribution >= 0.6 is 0 Å². The highest BCUT2D eigenvalue weighted by molar-refractivity contribution is 6.10. The maximum atomic E-state index is 11.4. The molecule has 1 aromatic carbocycles. The Morgan fingerprint density at radius 1 is 1.05 bits per heavy atom. The van der Waals surface area contributed by atoms with Crippen LogP contribution in [0.2, 0.25) is 0 Å². The number of fused-ring (bicyclic) bond motifs is 4. The largest absolute Gasteiger partial charge is 0.294 e. The number of pyridine rings is 2. The smallest absolute Gasteiger partial charge is 0.161 e. The van der Waals surface area contributed by atoms with Gasteiger partial charge in [0.25, 0.3) is 0 Å². The molecule has 0 unspecified atom stereocenters. The lowest BCUT2D eigenvalue weighted by Crippen LogP contribution is -2.32. The molecule has 3 aromatic rings. The summed E-state index contributed by atoms with van der Waals surface area (Å²) in [6, 6.07) is 10.0. The molecule has 1 aliphatic rings. The minimum Gasteiger partial charge on any atom is -0.294 e. The molecule has 4 rings (SSSR count). The lowest BCUT2D eigenvalue weighted by molar-refractivity contribution is -0.112. The Kier molecular flexibility index (Phi) is 2.03. The van der Waals surface area contributed by atoms with Crippen LogP contribution in [0.15, 0.2) is 36.5 Å².